The lowest BCUT2D eigenvalue weighted by atomic mass is 9.86. The number of fused-ring (bicyclic) bond motifs is 1. The standard InChI is InChI=1S/C23H40O5/c1-3-5-12-23(27,4-2)13-8-11-19-20-14-18(28-22(20)15-21(19)26)10-7-6-9-17(25)16-24/h8,11,18-22,24,26-27H,3-7,9-10,12-16H2,1-2H3/b11-8+/t18?,19-,20-,21-,22+,23?/m1/s1. The molecule has 1 saturated carbocycles. The minimum Gasteiger partial charge on any atom is -0.392 e. The summed E-state index contributed by atoms with van der Waals surface area (Å²) in [6.45, 7) is 3.82. The zero-order valence-corrected chi connectivity index (χ0v) is 17.7. The Labute approximate surface area is 170 Å². The van der Waals surface area contributed by atoms with E-state index in [1.807, 2.05) is 6.92 Å². The number of hydrogen-bond acceptors (Lipinski definition) is 5. The van der Waals surface area contributed by atoms with E-state index in [2.05, 4.69) is 19.1 Å². The number of Topliss-reactive ketones (excluding diaryl/α,β-unsaturated/α-hetero) is 1. The van der Waals surface area contributed by atoms with Gasteiger partial charge in [0.25, 0.3) is 0 Å². The van der Waals surface area contributed by atoms with Gasteiger partial charge < -0.3 is 20.1 Å². The molecule has 3 N–H and O–H groups in total. The van der Waals surface area contributed by atoms with Gasteiger partial charge in [-0.25, -0.2) is 0 Å². The molecule has 0 amide bonds. The van der Waals surface area contributed by atoms with Crippen LogP contribution in [0.1, 0.15) is 84.5 Å². The Morgan fingerprint density at radius 2 is 2.00 bits per heavy atom. The van der Waals surface area contributed by atoms with Crippen LogP contribution in [0.15, 0.2) is 12.2 Å². The second kappa shape index (κ2) is 11.4. The minimum atomic E-state index is -0.629. The molecule has 0 aromatic carbocycles. The summed E-state index contributed by atoms with van der Waals surface area (Å²) in [6, 6.07) is 0. The van der Waals surface area contributed by atoms with Crippen molar-refractivity contribution in [2.75, 3.05) is 6.61 Å². The highest BCUT2D eigenvalue weighted by molar-refractivity contribution is 5.79. The number of ether oxygens (including phenoxy) is 1. The van der Waals surface area contributed by atoms with Gasteiger partial charge in [-0.15, -0.1) is 0 Å². The van der Waals surface area contributed by atoms with Crippen LogP contribution < -0.4 is 0 Å². The SMILES string of the molecule is CCCCC(O)(CC)C/C=C/[C@@H]1[C@H]2CC(CCCCC(=O)CO)O[C@H]2C[C@H]1O. The molecular formula is C23H40O5. The zero-order valence-electron chi connectivity index (χ0n) is 17.7. The van der Waals surface area contributed by atoms with E-state index >= 15 is 0 Å². The molecule has 6 atom stereocenters. The first kappa shape index (κ1) is 23.5. The van der Waals surface area contributed by atoms with E-state index in [0.717, 1.165) is 51.4 Å². The number of ketones is 1. The van der Waals surface area contributed by atoms with Crippen LogP contribution in [0, 0.1) is 11.8 Å². The number of carbonyl (C=O) groups excluding carboxylic acids is 1. The molecule has 2 unspecified atom stereocenters. The number of unbranched alkanes of at least 4 members (excludes halogenated alkanes) is 2. The van der Waals surface area contributed by atoms with Crippen LogP contribution in [0.25, 0.3) is 0 Å². The van der Waals surface area contributed by atoms with Gasteiger partial charge in [-0.05, 0) is 44.4 Å². The van der Waals surface area contributed by atoms with Crippen LogP contribution in [-0.4, -0.2) is 51.6 Å². The number of carbonyl (C=O) groups is 1. The normalized spacial score (nSPS) is 32.0. The molecule has 2 rings (SSSR count). The molecule has 2 aliphatic rings. The van der Waals surface area contributed by atoms with Gasteiger partial charge in [-0.1, -0.05) is 45.3 Å². The summed E-state index contributed by atoms with van der Waals surface area (Å²) in [5.41, 5.74) is -0.629. The van der Waals surface area contributed by atoms with Crippen LogP contribution in [0.2, 0.25) is 0 Å². The van der Waals surface area contributed by atoms with Crippen molar-refractivity contribution in [3.63, 3.8) is 0 Å². The van der Waals surface area contributed by atoms with E-state index in [1.54, 1.807) is 0 Å². The van der Waals surface area contributed by atoms with Gasteiger partial charge in [-0.3, -0.25) is 4.79 Å². The van der Waals surface area contributed by atoms with Crippen molar-refractivity contribution in [3.05, 3.63) is 12.2 Å². The average Bonchev–Trinajstić information content (AvgIpc) is 3.20. The van der Waals surface area contributed by atoms with Gasteiger partial charge in [-0.2, -0.15) is 0 Å². The molecule has 0 spiro atoms. The fraction of sp³-hybridized carbons (Fsp3) is 0.870. The molecule has 5 heteroatoms. The highest BCUT2D eigenvalue weighted by Gasteiger charge is 2.47. The highest BCUT2D eigenvalue weighted by Crippen LogP contribution is 2.45. The third-order valence-electron chi connectivity index (χ3n) is 6.71. The van der Waals surface area contributed by atoms with Crippen molar-refractivity contribution in [2.45, 2.75) is 108 Å². The third kappa shape index (κ3) is 6.65. The monoisotopic (exact) mass is 396 g/mol. The molecule has 1 aliphatic carbocycles. The van der Waals surface area contributed by atoms with Crippen molar-refractivity contribution < 1.29 is 24.9 Å². The van der Waals surface area contributed by atoms with Crippen molar-refractivity contribution in [1.29, 1.82) is 0 Å². The molecule has 0 aromatic rings. The van der Waals surface area contributed by atoms with Crippen molar-refractivity contribution in [1.82, 2.24) is 0 Å². The van der Waals surface area contributed by atoms with Crippen LogP contribution in [0.5, 0.6) is 0 Å². The van der Waals surface area contributed by atoms with Crippen LogP contribution >= 0.6 is 0 Å². The summed E-state index contributed by atoms with van der Waals surface area (Å²) < 4.78 is 6.16. The summed E-state index contributed by atoms with van der Waals surface area (Å²) in [6.07, 6.45) is 13.3. The van der Waals surface area contributed by atoms with E-state index in [1.165, 1.54) is 0 Å². The van der Waals surface area contributed by atoms with Crippen molar-refractivity contribution in [2.24, 2.45) is 11.8 Å². The summed E-state index contributed by atoms with van der Waals surface area (Å²) in [5.74, 6) is 0.363. The lowest BCUT2D eigenvalue weighted by Crippen LogP contribution is -2.27. The molecule has 28 heavy (non-hydrogen) atoms. The molecule has 0 aromatic heterocycles. The van der Waals surface area contributed by atoms with Gasteiger partial charge >= 0.3 is 0 Å². The van der Waals surface area contributed by atoms with Gasteiger partial charge in [0.2, 0.25) is 0 Å². The third-order valence-corrected chi connectivity index (χ3v) is 6.71. The summed E-state index contributed by atoms with van der Waals surface area (Å²) in [4.78, 5) is 11.2. The molecule has 1 aliphatic heterocycles. The van der Waals surface area contributed by atoms with E-state index in [9.17, 15) is 15.0 Å². The molecule has 5 nitrogen and oxygen atoms in total. The van der Waals surface area contributed by atoms with E-state index in [0.29, 0.717) is 25.2 Å². The van der Waals surface area contributed by atoms with Gasteiger partial charge in [0.15, 0.2) is 5.78 Å². The van der Waals surface area contributed by atoms with Gasteiger partial charge in [0.1, 0.15) is 6.61 Å². The summed E-state index contributed by atoms with van der Waals surface area (Å²) in [5, 5.41) is 29.9. The zero-order chi connectivity index (χ0) is 20.6. The summed E-state index contributed by atoms with van der Waals surface area (Å²) >= 11 is 0. The Kier molecular flexibility index (Phi) is 9.61. The second-order valence-corrected chi connectivity index (χ2v) is 8.83. The minimum absolute atomic E-state index is 0.0940. The predicted octanol–water partition coefficient (Wildman–Crippen LogP) is 3.54. The Bertz CT molecular complexity index is 505. The Balaban J connectivity index is 1.80. The largest absolute Gasteiger partial charge is 0.392 e. The van der Waals surface area contributed by atoms with Gasteiger partial charge in [0.05, 0.1) is 23.9 Å². The lowest BCUT2D eigenvalue weighted by Gasteiger charge is -2.25. The molecule has 162 valence electrons. The molecule has 0 bridgehead atoms. The van der Waals surface area contributed by atoms with E-state index in [-0.39, 0.29) is 36.6 Å². The Morgan fingerprint density at radius 1 is 1.21 bits per heavy atom. The first-order chi connectivity index (χ1) is 13.4. The number of aliphatic hydroxyl groups is 3. The van der Waals surface area contributed by atoms with Crippen LogP contribution in [-0.2, 0) is 9.53 Å². The number of hydrogen-bond donors (Lipinski definition) is 3. The Hall–Kier alpha value is -0.750. The topological polar surface area (TPSA) is 87.0 Å². The van der Waals surface area contributed by atoms with E-state index in [4.69, 9.17) is 9.84 Å². The predicted molar refractivity (Wildman–Crippen MR) is 110 cm³/mol. The average molecular weight is 397 g/mol. The molecule has 1 saturated heterocycles. The fourth-order valence-corrected chi connectivity index (χ4v) is 4.78. The van der Waals surface area contributed by atoms with Gasteiger partial charge in [0, 0.05) is 18.8 Å². The van der Waals surface area contributed by atoms with Crippen LogP contribution in [0.4, 0.5) is 0 Å². The maximum Gasteiger partial charge on any atom is 0.158 e. The molecule has 1 heterocycles. The van der Waals surface area contributed by atoms with Crippen LogP contribution in [0.3, 0.4) is 0 Å². The quantitative estimate of drug-likeness (QED) is 0.327. The maximum absolute atomic E-state index is 11.2. The molecular weight excluding hydrogens is 356 g/mol. The van der Waals surface area contributed by atoms with Crippen molar-refractivity contribution in [3.8, 4) is 0 Å². The van der Waals surface area contributed by atoms with Crippen molar-refractivity contribution >= 4 is 5.78 Å². The number of rotatable bonds is 13. The Morgan fingerprint density at radius 3 is 2.68 bits per heavy atom. The second-order valence-electron chi connectivity index (χ2n) is 8.83. The highest BCUT2D eigenvalue weighted by atomic mass is 16.5. The molecule has 0 radical (unpaired) electrons. The first-order valence-corrected chi connectivity index (χ1v) is 11.3. The fourth-order valence-electron chi connectivity index (χ4n) is 4.78. The number of aliphatic hydroxyl groups excluding tert-OH is 2. The van der Waals surface area contributed by atoms with E-state index < -0.39 is 5.60 Å². The first-order valence-electron chi connectivity index (χ1n) is 11.3. The smallest absolute Gasteiger partial charge is 0.158 e. The summed E-state index contributed by atoms with van der Waals surface area (Å²) in [7, 11) is 0. The molecule has 2 fully saturated rings. The lowest BCUT2D eigenvalue weighted by molar-refractivity contribution is -0.121. The maximum atomic E-state index is 11.2.